The van der Waals surface area contributed by atoms with Crippen molar-refractivity contribution < 1.29 is 60.2 Å². The minimum atomic E-state index is -3.58. The van der Waals surface area contributed by atoms with Gasteiger partial charge < -0.3 is 43.4 Å². The summed E-state index contributed by atoms with van der Waals surface area (Å²) in [7, 11) is 7.70. The average Bonchev–Trinajstić information content (AvgIpc) is 0.757. The van der Waals surface area contributed by atoms with E-state index in [1.165, 1.54) is 59.7 Å². The van der Waals surface area contributed by atoms with Crippen LogP contribution < -0.4 is 28.4 Å². The Morgan fingerprint density at radius 3 is 1.49 bits per heavy atom. The number of hydrogen-bond acceptors (Lipinski definition) is 14. The van der Waals surface area contributed by atoms with Gasteiger partial charge in [-0.15, -0.1) is 11.8 Å². The van der Waals surface area contributed by atoms with E-state index in [2.05, 4.69) is 88.3 Å². The Bertz CT molecular complexity index is 3100. The van der Waals surface area contributed by atoms with E-state index in [0.29, 0.717) is 46.2 Å². The summed E-state index contributed by atoms with van der Waals surface area (Å²) < 4.78 is 90.6. The zero-order chi connectivity index (χ0) is 66.6. The van der Waals surface area contributed by atoms with Gasteiger partial charge in [0.05, 0.1) is 75.7 Å². The van der Waals surface area contributed by atoms with Crippen molar-refractivity contribution >= 4 is 39.3 Å². The topological polar surface area (TPSA) is 173 Å². The van der Waals surface area contributed by atoms with Crippen molar-refractivity contribution in [1.82, 2.24) is 0 Å². The second kappa shape index (κ2) is 29.2. The summed E-state index contributed by atoms with van der Waals surface area (Å²) in [5.41, 5.74) is 2.57. The first-order valence-corrected chi connectivity index (χ1v) is 37.5. The molecule has 90 heavy (non-hydrogen) atoms. The molecule has 0 aromatic heterocycles. The number of ether oxygens (including phenoxy) is 7. The highest BCUT2D eigenvalue weighted by molar-refractivity contribution is 7.99. The fourth-order valence-electron chi connectivity index (χ4n) is 18.5. The lowest BCUT2D eigenvalue weighted by atomic mass is 9.46. The molecule has 17 heteroatoms. The number of thioether (sulfide) groups is 1. The summed E-state index contributed by atoms with van der Waals surface area (Å²) in [6.07, 6.45) is 17.2. The predicted molar refractivity (Wildman–Crippen MR) is 364 cm³/mol. The Morgan fingerprint density at radius 1 is 0.567 bits per heavy atom. The zero-order valence-electron chi connectivity index (χ0n) is 58.1. The van der Waals surface area contributed by atoms with Crippen molar-refractivity contribution in [2.45, 2.75) is 218 Å². The van der Waals surface area contributed by atoms with Crippen molar-refractivity contribution in [1.29, 1.82) is 0 Å². The summed E-state index contributed by atoms with van der Waals surface area (Å²) in [6.45, 7) is 28.2. The van der Waals surface area contributed by atoms with Crippen LogP contribution in [0.1, 0.15) is 186 Å². The van der Waals surface area contributed by atoms with Gasteiger partial charge >= 0.3 is 0 Å². The number of sulfone groups is 2. The maximum absolute atomic E-state index is 13.5. The molecule has 6 aliphatic carbocycles. The Hall–Kier alpha value is -3.61. The van der Waals surface area contributed by atoms with E-state index < -0.39 is 31.4 Å². The van der Waals surface area contributed by atoms with E-state index in [-0.39, 0.29) is 72.1 Å². The molecule has 0 spiro atoms. The molecule has 3 unspecified atom stereocenters. The second-order valence-electron chi connectivity index (χ2n) is 30.7. The van der Waals surface area contributed by atoms with Gasteiger partial charge in [-0.25, -0.2) is 16.8 Å². The molecule has 6 fully saturated rings. The molecule has 2 N–H and O–H groups in total. The zero-order valence-corrected chi connectivity index (χ0v) is 60.6. The molecule has 3 aromatic carbocycles. The van der Waals surface area contributed by atoms with E-state index in [0.717, 1.165) is 111 Å². The molecule has 504 valence electrons. The van der Waals surface area contributed by atoms with Crippen LogP contribution in [0.25, 0.3) is 0 Å². The average molecular weight is 1310 g/mol. The van der Waals surface area contributed by atoms with Gasteiger partial charge in [-0.05, 0) is 201 Å². The van der Waals surface area contributed by atoms with Crippen LogP contribution in [0.5, 0.6) is 34.5 Å². The van der Waals surface area contributed by atoms with Crippen LogP contribution in [-0.2, 0) is 24.4 Å². The first-order chi connectivity index (χ1) is 42.0. The number of fused-ring (bicyclic) bond motifs is 3. The van der Waals surface area contributed by atoms with Gasteiger partial charge in [-0.2, -0.15) is 0 Å². The molecule has 12 atom stereocenters. The van der Waals surface area contributed by atoms with Crippen LogP contribution in [0.2, 0.25) is 0 Å². The van der Waals surface area contributed by atoms with Crippen LogP contribution in [0.15, 0.2) is 80.4 Å². The lowest BCUT2D eigenvalue weighted by Gasteiger charge is -2.61. The van der Waals surface area contributed by atoms with E-state index in [1.807, 2.05) is 24.8 Å². The van der Waals surface area contributed by atoms with Crippen LogP contribution >= 0.6 is 11.8 Å². The number of aliphatic hydroxyl groups is 2. The lowest BCUT2D eigenvalue weighted by Crippen LogP contribution is -2.58. The van der Waals surface area contributed by atoms with E-state index in [1.54, 1.807) is 50.6 Å². The van der Waals surface area contributed by atoms with Gasteiger partial charge in [0, 0.05) is 47.4 Å². The van der Waals surface area contributed by atoms with Gasteiger partial charge in [0.2, 0.25) is 0 Å². The molecule has 5 saturated carbocycles. The number of aliphatic hydroxyl groups excluding tert-OH is 1. The molecule has 7 aliphatic rings. The highest BCUT2D eigenvalue weighted by Crippen LogP contribution is 2.64. The van der Waals surface area contributed by atoms with Crippen LogP contribution in [0.3, 0.4) is 0 Å². The summed E-state index contributed by atoms with van der Waals surface area (Å²) in [4.78, 5) is 1.63. The van der Waals surface area contributed by atoms with Gasteiger partial charge in [-0.1, -0.05) is 94.1 Å². The van der Waals surface area contributed by atoms with Crippen molar-refractivity contribution in [2.75, 3.05) is 66.5 Å². The smallest absolute Gasteiger partial charge is 0.182 e. The SMILES string of the molecule is COc1cc(OC)cc(S(=O)(=O)CC2=C(C)CC[C@H]3C(C)(C)CCC[C@]23C)c1.COc1cc(OC)cc(S(=O)(=O)C[C@H]2C(C)C(O)C[C@H]3C(C)(C)CCC[C@]23C)c1.COc1cc(OC)cc(SC[C@@H]2[C@@]3(C)CCCC(C)(C)[C@@H]3CC[C@@]2(C)O)c1.[B]C1CCCO1. The van der Waals surface area contributed by atoms with Crippen LogP contribution in [0.4, 0.5) is 0 Å². The number of allylic oxidation sites excluding steroid dienone is 1. The number of hydrogen-bond donors (Lipinski definition) is 2. The quantitative estimate of drug-likeness (QED) is 0.0836. The molecule has 0 amide bonds. The molecule has 1 saturated heterocycles. The molecule has 1 aliphatic heterocycles. The number of rotatable bonds is 15. The molecule has 3 aromatic rings. The van der Waals surface area contributed by atoms with Gasteiger partial charge in [0.25, 0.3) is 0 Å². The van der Waals surface area contributed by atoms with Crippen molar-refractivity contribution in [2.24, 2.45) is 68.0 Å². The number of benzene rings is 3. The van der Waals surface area contributed by atoms with Crippen molar-refractivity contribution in [3.05, 3.63) is 65.7 Å². The molecule has 2 radical (unpaired) electrons. The molecule has 13 nitrogen and oxygen atoms in total. The van der Waals surface area contributed by atoms with Crippen molar-refractivity contribution in [3.63, 3.8) is 0 Å². The van der Waals surface area contributed by atoms with Gasteiger partial charge in [-0.3, -0.25) is 0 Å². The maximum Gasteiger partial charge on any atom is 0.182 e. The van der Waals surface area contributed by atoms with Gasteiger partial charge in [0.15, 0.2) is 19.7 Å². The summed E-state index contributed by atoms with van der Waals surface area (Å²) in [5, 5.41) is 22.2. The first-order valence-electron chi connectivity index (χ1n) is 33.2. The van der Waals surface area contributed by atoms with Crippen molar-refractivity contribution in [3.8, 4) is 34.5 Å². The molecular weight excluding hydrogens is 1190 g/mol. The molecule has 10 rings (SSSR count). The third kappa shape index (κ3) is 16.4. The predicted octanol–water partition coefficient (Wildman–Crippen LogP) is 15.8. The van der Waals surface area contributed by atoms with Gasteiger partial charge in [0.1, 0.15) is 42.3 Å². The van der Waals surface area contributed by atoms with Crippen LogP contribution in [0, 0.1) is 68.0 Å². The Balaban J connectivity index is 0.000000183. The highest BCUT2D eigenvalue weighted by atomic mass is 32.2. The fourth-order valence-corrected chi connectivity index (χ4v) is 23.7. The monoisotopic (exact) mass is 1300 g/mol. The minimum absolute atomic E-state index is 0.0324. The first kappa shape index (κ1) is 73.8. The Morgan fingerprint density at radius 2 is 1.02 bits per heavy atom. The normalized spacial score (nSPS) is 32.4. The number of methoxy groups -OCH3 is 6. The lowest BCUT2D eigenvalue weighted by molar-refractivity contribution is -0.158. The van der Waals surface area contributed by atoms with Crippen LogP contribution in [-0.4, -0.2) is 119 Å². The Labute approximate surface area is 549 Å². The van der Waals surface area contributed by atoms with E-state index in [4.69, 9.17) is 41.0 Å². The Kier molecular flexibility index (Phi) is 23.9. The molecule has 1 heterocycles. The molecular formula is C73H113BO13S3. The summed E-state index contributed by atoms with van der Waals surface area (Å²) in [6, 6.07) is 15.8. The summed E-state index contributed by atoms with van der Waals surface area (Å²) >= 11 is 1.82. The molecule has 0 bridgehead atoms. The summed E-state index contributed by atoms with van der Waals surface area (Å²) in [5.74, 6) is 6.23. The second-order valence-corrected chi connectivity index (χ2v) is 35.8. The third-order valence-electron chi connectivity index (χ3n) is 23.7. The highest BCUT2D eigenvalue weighted by Gasteiger charge is 2.59. The van der Waals surface area contributed by atoms with E-state index >= 15 is 0 Å². The largest absolute Gasteiger partial charge is 0.497 e. The van der Waals surface area contributed by atoms with E-state index in [9.17, 15) is 27.0 Å². The minimum Gasteiger partial charge on any atom is -0.497 e. The fraction of sp³-hybridized carbons (Fsp3) is 0.726. The standard InChI is InChI=1S/C23H36O5S.C23H34O4S.C23H36O3S.C4H7BO/c1-15-19(23(4)9-7-8-22(2,3)21(23)13-20(15)24)14-29(25,26)18-11-16(27-5)10-17(12-18)28-6;1-16-8-9-21-22(2,3)10-7-11-23(21,4)20(16)15-28(24,25)19-13-17(26-5)12-18(14-19)27-6;1-21(2)9-7-10-22(3)19(21)8-11-23(4,24)20(22)15-27-18-13-16(25-5)12-17(14-18)26-6;5-4-2-1-3-6-4/h10-12,15,19-21,24H,7-9,13-14H2,1-6H3;12-14,21H,7-11,15H2,1-6H3;12-14,19-20,24H,7-11,15H2,1-6H3;4H,1-3H2/t15?,19-,20?,21-,23+;21-,23+;19-,20+,22-,23+;/m000./s1. The maximum atomic E-state index is 13.5. The third-order valence-corrected chi connectivity index (χ3v) is 28.1.